The first-order chi connectivity index (χ1) is 8.66. The summed E-state index contributed by atoms with van der Waals surface area (Å²) >= 11 is 0. The quantitative estimate of drug-likeness (QED) is 0.873. The van der Waals surface area contributed by atoms with E-state index in [4.69, 9.17) is 5.11 Å². The second-order valence-electron chi connectivity index (χ2n) is 4.16. The van der Waals surface area contributed by atoms with Crippen molar-refractivity contribution in [1.29, 1.82) is 0 Å². The van der Waals surface area contributed by atoms with E-state index in [1.165, 1.54) is 5.56 Å². The first-order valence-corrected chi connectivity index (χ1v) is 5.83. The normalized spacial score (nSPS) is 10.5. The summed E-state index contributed by atoms with van der Waals surface area (Å²) in [6.45, 7) is 2.58. The molecule has 0 bridgehead atoms. The fourth-order valence-corrected chi connectivity index (χ4v) is 1.82. The lowest BCUT2D eigenvalue weighted by Crippen LogP contribution is -2.05. The molecule has 0 atom stereocenters. The molecule has 0 amide bonds. The number of carboxylic acids is 1. The van der Waals surface area contributed by atoms with E-state index in [1.54, 1.807) is 16.9 Å². The molecule has 0 fully saturated rings. The smallest absolute Gasteiger partial charge is 0.356 e. The molecule has 5 heteroatoms. The van der Waals surface area contributed by atoms with Crippen LogP contribution in [0.2, 0.25) is 0 Å². The lowest BCUT2D eigenvalue weighted by Gasteiger charge is -2.04. The average molecular weight is 245 g/mol. The third kappa shape index (κ3) is 2.94. The molecule has 0 saturated carbocycles. The summed E-state index contributed by atoms with van der Waals surface area (Å²) in [5, 5.41) is 12.9. The number of hydrogen-bond acceptors (Lipinski definition) is 3. The van der Waals surface area contributed by atoms with E-state index in [0.29, 0.717) is 6.54 Å². The van der Waals surface area contributed by atoms with Gasteiger partial charge in [0.2, 0.25) is 0 Å². The van der Waals surface area contributed by atoms with Gasteiger partial charge in [0.25, 0.3) is 0 Å². The van der Waals surface area contributed by atoms with E-state index in [-0.39, 0.29) is 5.69 Å². The third-order valence-electron chi connectivity index (χ3n) is 2.76. The van der Waals surface area contributed by atoms with Gasteiger partial charge in [0.15, 0.2) is 5.69 Å². The van der Waals surface area contributed by atoms with Crippen molar-refractivity contribution in [2.45, 2.75) is 26.3 Å². The van der Waals surface area contributed by atoms with Crippen LogP contribution in [-0.4, -0.2) is 25.8 Å². The van der Waals surface area contributed by atoms with E-state index in [2.05, 4.69) is 10.1 Å². The van der Waals surface area contributed by atoms with Crippen LogP contribution in [0, 0.1) is 6.92 Å². The molecule has 2 aromatic heterocycles. The number of pyridine rings is 1. The van der Waals surface area contributed by atoms with Crippen LogP contribution in [0.25, 0.3) is 0 Å². The number of rotatable bonds is 5. The van der Waals surface area contributed by atoms with Crippen LogP contribution in [0.5, 0.6) is 0 Å². The molecule has 1 N–H and O–H groups in total. The van der Waals surface area contributed by atoms with E-state index in [0.717, 1.165) is 18.5 Å². The standard InChI is InChI=1S/C13H15N3O2/c1-10-8-12(13(17)18)15-16(10)7-3-5-11-4-2-6-14-9-11/h2,4,6,8-9H,3,5,7H2,1H3,(H,17,18). The van der Waals surface area contributed by atoms with Crippen LogP contribution in [0.3, 0.4) is 0 Å². The molecule has 2 rings (SSSR count). The number of aryl methyl sites for hydroxylation is 3. The second-order valence-corrected chi connectivity index (χ2v) is 4.16. The molecule has 0 unspecified atom stereocenters. The van der Waals surface area contributed by atoms with Crippen LogP contribution in [-0.2, 0) is 13.0 Å². The zero-order valence-corrected chi connectivity index (χ0v) is 10.2. The molecule has 18 heavy (non-hydrogen) atoms. The Hall–Kier alpha value is -2.17. The Morgan fingerprint density at radius 1 is 1.50 bits per heavy atom. The van der Waals surface area contributed by atoms with Crippen molar-refractivity contribution in [3.63, 3.8) is 0 Å². The van der Waals surface area contributed by atoms with E-state index >= 15 is 0 Å². The topological polar surface area (TPSA) is 68.0 Å². The molecule has 5 nitrogen and oxygen atoms in total. The number of nitrogens with zero attached hydrogens (tertiary/aromatic N) is 3. The van der Waals surface area contributed by atoms with Crippen LogP contribution in [0.15, 0.2) is 30.6 Å². The molecule has 0 saturated heterocycles. The highest BCUT2D eigenvalue weighted by molar-refractivity contribution is 5.85. The predicted molar refractivity (Wildman–Crippen MR) is 66.5 cm³/mol. The average Bonchev–Trinajstić information content (AvgIpc) is 2.73. The molecule has 2 heterocycles. The van der Waals surface area contributed by atoms with Gasteiger partial charge in [-0.25, -0.2) is 4.79 Å². The lowest BCUT2D eigenvalue weighted by molar-refractivity contribution is 0.0689. The fourth-order valence-electron chi connectivity index (χ4n) is 1.82. The highest BCUT2D eigenvalue weighted by Crippen LogP contribution is 2.06. The molecule has 0 aromatic carbocycles. The maximum Gasteiger partial charge on any atom is 0.356 e. The van der Waals surface area contributed by atoms with Crippen molar-refractivity contribution in [2.75, 3.05) is 0 Å². The first-order valence-electron chi connectivity index (χ1n) is 5.83. The molecule has 0 spiro atoms. The second kappa shape index (κ2) is 5.44. The highest BCUT2D eigenvalue weighted by Gasteiger charge is 2.09. The Labute approximate surface area is 105 Å². The van der Waals surface area contributed by atoms with Crippen molar-refractivity contribution in [3.05, 3.63) is 47.5 Å². The lowest BCUT2D eigenvalue weighted by atomic mass is 10.1. The monoisotopic (exact) mass is 245 g/mol. The summed E-state index contributed by atoms with van der Waals surface area (Å²) in [4.78, 5) is 14.8. The Morgan fingerprint density at radius 3 is 2.94 bits per heavy atom. The molecular formula is C13H15N3O2. The van der Waals surface area contributed by atoms with Crippen molar-refractivity contribution in [2.24, 2.45) is 0 Å². The van der Waals surface area contributed by atoms with Gasteiger partial charge < -0.3 is 5.11 Å². The maximum atomic E-state index is 10.8. The highest BCUT2D eigenvalue weighted by atomic mass is 16.4. The molecule has 0 aliphatic rings. The predicted octanol–water partition coefficient (Wildman–Crippen LogP) is 1.92. The summed E-state index contributed by atoms with van der Waals surface area (Å²) in [5.74, 6) is -0.982. The molecular weight excluding hydrogens is 230 g/mol. The fraction of sp³-hybridized carbons (Fsp3) is 0.308. The summed E-state index contributed by atoms with van der Waals surface area (Å²) in [7, 11) is 0. The molecule has 0 radical (unpaired) electrons. The van der Waals surface area contributed by atoms with Crippen LogP contribution in [0.1, 0.15) is 28.2 Å². The van der Waals surface area contributed by atoms with Gasteiger partial charge in [0.1, 0.15) is 0 Å². The van der Waals surface area contributed by atoms with Crippen LogP contribution >= 0.6 is 0 Å². The minimum atomic E-state index is -0.982. The first kappa shape index (κ1) is 12.3. The van der Waals surface area contributed by atoms with Gasteiger partial charge >= 0.3 is 5.97 Å². The number of aromatic carboxylic acids is 1. The number of aromatic nitrogens is 3. The van der Waals surface area contributed by atoms with E-state index in [1.807, 2.05) is 25.3 Å². The Balaban J connectivity index is 1.92. The Bertz CT molecular complexity index is 534. The largest absolute Gasteiger partial charge is 0.476 e. The van der Waals surface area contributed by atoms with Crippen LogP contribution < -0.4 is 0 Å². The summed E-state index contributed by atoms with van der Waals surface area (Å²) in [5.41, 5.74) is 2.16. The van der Waals surface area contributed by atoms with Crippen molar-refractivity contribution >= 4 is 5.97 Å². The number of carbonyl (C=O) groups is 1. The Kier molecular flexibility index (Phi) is 3.72. The molecule has 0 aliphatic carbocycles. The van der Waals surface area contributed by atoms with Crippen LogP contribution in [0.4, 0.5) is 0 Å². The third-order valence-corrected chi connectivity index (χ3v) is 2.76. The van der Waals surface area contributed by atoms with Crippen molar-refractivity contribution in [1.82, 2.24) is 14.8 Å². The molecule has 94 valence electrons. The van der Waals surface area contributed by atoms with Gasteiger partial charge in [-0.3, -0.25) is 9.67 Å². The van der Waals surface area contributed by atoms with Gasteiger partial charge in [-0.05, 0) is 37.5 Å². The zero-order chi connectivity index (χ0) is 13.0. The molecule has 2 aromatic rings. The van der Waals surface area contributed by atoms with E-state index in [9.17, 15) is 4.79 Å². The summed E-state index contributed by atoms with van der Waals surface area (Å²) in [6.07, 6.45) is 5.42. The van der Waals surface area contributed by atoms with Gasteiger partial charge in [-0.15, -0.1) is 0 Å². The van der Waals surface area contributed by atoms with Crippen molar-refractivity contribution < 1.29 is 9.90 Å². The van der Waals surface area contributed by atoms with Crippen molar-refractivity contribution in [3.8, 4) is 0 Å². The maximum absolute atomic E-state index is 10.8. The minimum absolute atomic E-state index is 0.105. The van der Waals surface area contributed by atoms with Gasteiger partial charge in [-0.1, -0.05) is 6.07 Å². The summed E-state index contributed by atoms with van der Waals surface area (Å²) < 4.78 is 1.74. The number of carboxylic acid groups (broad SMARTS) is 1. The van der Waals surface area contributed by atoms with Gasteiger partial charge in [0.05, 0.1) is 0 Å². The zero-order valence-electron chi connectivity index (χ0n) is 10.2. The van der Waals surface area contributed by atoms with E-state index < -0.39 is 5.97 Å². The minimum Gasteiger partial charge on any atom is -0.476 e. The van der Waals surface area contributed by atoms with Gasteiger partial charge in [-0.2, -0.15) is 5.10 Å². The number of hydrogen-bond donors (Lipinski definition) is 1. The summed E-state index contributed by atoms with van der Waals surface area (Å²) in [6, 6.07) is 5.54. The molecule has 0 aliphatic heterocycles. The Morgan fingerprint density at radius 2 is 2.33 bits per heavy atom. The SMILES string of the molecule is Cc1cc(C(=O)O)nn1CCCc1cccnc1. The van der Waals surface area contributed by atoms with Gasteiger partial charge in [0, 0.05) is 24.6 Å².